The molecule has 4 rings (SSSR count). The Bertz CT molecular complexity index is 1440. The Morgan fingerprint density at radius 2 is 1.39 bits per heavy atom. The van der Waals surface area contributed by atoms with E-state index in [1.54, 1.807) is 6.07 Å². The molecule has 8 nitrogen and oxygen atoms in total. The first kappa shape index (κ1) is 29.4. The zero-order valence-electron chi connectivity index (χ0n) is 23.0. The lowest BCUT2D eigenvalue weighted by molar-refractivity contribution is -0.124. The monoisotopic (exact) mass is 571 g/mol. The fourth-order valence-electron chi connectivity index (χ4n) is 4.01. The van der Waals surface area contributed by atoms with Crippen LogP contribution in [0.2, 0.25) is 0 Å². The fraction of sp³-hybridized carbons (Fsp3) is 0.219. The van der Waals surface area contributed by atoms with E-state index in [1.165, 1.54) is 11.3 Å². The molecule has 9 heteroatoms. The van der Waals surface area contributed by atoms with E-state index in [-0.39, 0.29) is 12.5 Å². The Hall–Kier alpha value is -4.63. The van der Waals surface area contributed by atoms with Gasteiger partial charge in [-0.15, -0.1) is 11.3 Å². The predicted octanol–water partition coefficient (Wildman–Crippen LogP) is 6.10. The van der Waals surface area contributed by atoms with Crippen molar-refractivity contribution in [3.8, 4) is 16.2 Å². The number of hydrogen-bond acceptors (Lipinski definition) is 6. The lowest BCUT2D eigenvalue weighted by atomic mass is 10.0. The third-order valence-electron chi connectivity index (χ3n) is 6.05. The molecule has 0 aliphatic rings. The summed E-state index contributed by atoms with van der Waals surface area (Å²) in [5.74, 6) is -0.187. The van der Waals surface area contributed by atoms with Crippen molar-refractivity contribution in [1.29, 1.82) is 0 Å². The van der Waals surface area contributed by atoms with Gasteiger partial charge in [0.25, 0.3) is 11.8 Å². The number of rotatable bonds is 11. The van der Waals surface area contributed by atoms with E-state index in [4.69, 9.17) is 9.47 Å². The smallest absolute Gasteiger partial charge is 0.408 e. The van der Waals surface area contributed by atoms with Gasteiger partial charge < -0.3 is 14.8 Å². The molecule has 0 unspecified atom stereocenters. The van der Waals surface area contributed by atoms with Gasteiger partial charge in [-0.2, -0.15) is 0 Å². The molecular weight excluding hydrogens is 538 g/mol. The van der Waals surface area contributed by atoms with Gasteiger partial charge in [-0.3, -0.25) is 20.4 Å². The van der Waals surface area contributed by atoms with E-state index in [1.807, 2.05) is 105 Å². The molecule has 0 aliphatic carbocycles. The van der Waals surface area contributed by atoms with E-state index in [9.17, 15) is 14.4 Å². The van der Waals surface area contributed by atoms with Crippen molar-refractivity contribution in [3.63, 3.8) is 0 Å². The Balaban J connectivity index is 1.33. The fourth-order valence-corrected chi connectivity index (χ4v) is 4.94. The molecule has 0 spiro atoms. The van der Waals surface area contributed by atoms with Gasteiger partial charge in [0.15, 0.2) is 0 Å². The average molecular weight is 572 g/mol. The molecule has 0 fully saturated rings. The topological polar surface area (TPSA) is 106 Å². The van der Waals surface area contributed by atoms with Crippen LogP contribution in [0.25, 0.3) is 10.4 Å². The Labute approximate surface area is 243 Å². The van der Waals surface area contributed by atoms with Gasteiger partial charge in [0.05, 0.1) is 4.88 Å². The summed E-state index contributed by atoms with van der Waals surface area (Å²) in [6.07, 6.45) is -0.345. The number of benzene rings is 3. The number of hydrogen-bond donors (Lipinski definition) is 3. The van der Waals surface area contributed by atoms with Crippen molar-refractivity contribution in [2.24, 2.45) is 5.92 Å². The number of thiophene rings is 1. The summed E-state index contributed by atoms with van der Waals surface area (Å²) in [5, 5.41) is 2.60. The number of carbonyl (C=O) groups excluding carboxylic acids is 3. The molecule has 3 amide bonds. The maximum absolute atomic E-state index is 12.9. The lowest BCUT2D eigenvalue weighted by Crippen LogP contribution is -2.52. The summed E-state index contributed by atoms with van der Waals surface area (Å²) in [6, 6.07) is 29.4. The van der Waals surface area contributed by atoms with Crippen LogP contribution in [-0.2, 0) is 22.7 Å². The minimum Gasteiger partial charge on any atom is -0.488 e. The minimum absolute atomic E-state index is 0.0839. The van der Waals surface area contributed by atoms with Gasteiger partial charge in [0.2, 0.25) is 0 Å². The molecule has 1 aromatic heterocycles. The standard InChI is InChI=1S/C32H33N3O5S/c1-22(2)19-26(33-32(38)40-21-24-13-7-4-8-14-24)30(36)34-35-31(37)29-18-17-28(41-29)25-15-9-10-16-27(25)39-20-23-11-5-3-6-12-23/h3-18,22,26H,19-21H2,1-2H3,(H,33,38)(H,34,36)(H,35,37)/t26-/m0/s1. The highest BCUT2D eigenvalue weighted by Gasteiger charge is 2.24. The van der Waals surface area contributed by atoms with Crippen molar-refractivity contribution in [3.05, 3.63) is 113 Å². The second kappa shape index (κ2) is 14.7. The van der Waals surface area contributed by atoms with Crippen LogP contribution in [0.5, 0.6) is 5.75 Å². The summed E-state index contributed by atoms with van der Waals surface area (Å²) >= 11 is 1.28. The molecular formula is C32H33N3O5S. The van der Waals surface area contributed by atoms with Crippen molar-refractivity contribution in [1.82, 2.24) is 16.2 Å². The molecule has 1 heterocycles. The molecule has 1 atom stereocenters. The van der Waals surface area contributed by atoms with Gasteiger partial charge in [-0.25, -0.2) is 4.79 Å². The van der Waals surface area contributed by atoms with Crippen molar-refractivity contribution in [2.75, 3.05) is 0 Å². The predicted molar refractivity (Wildman–Crippen MR) is 159 cm³/mol. The maximum atomic E-state index is 12.9. The summed E-state index contributed by atoms with van der Waals surface area (Å²) in [7, 11) is 0. The van der Waals surface area contributed by atoms with Crippen LogP contribution in [0.15, 0.2) is 97.1 Å². The Morgan fingerprint density at radius 1 is 0.756 bits per heavy atom. The number of ether oxygens (including phenoxy) is 2. The highest BCUT2D eigenvalue weighted by Crippen LogP contribution is 2.35. The molecule has 212 valence electrons. The summed E-state index contributed by atoms with van der Waals surface area (Å²) in [4.78, 5) is 39.4. The molecule has 3 N–H and O–H groups in total. The number of alkyl carbamates (subject to hydrolysis) is 1. The minimum atomic E-state index is -0.883. The quantitative estimate of drug-likeness (QED) is 0.189. The zero-order chi connectivity index (χ0) is 29.0. The van der Waals surface area contributed by atoms with Gasteiger partial charge in [0, 0.05) is 10.4 Å². The van der Waals surface area contributed by atoms with Crippen LogP contribution in [0.3, 0.4) is 0 Å². The second-order valence-electron chi connectivity index (χ2n) is 9.77. The largest absolute Gasteiger partial charge is 0.488 e. The number of para-hydroxylation sites is 1. The zero-order valence-corrected chi connectivity index (χ0v) is 23.8. The van der Waals surface area contributed by atoms with Gasteiger partial charge in [-0.1, -0.05) is 86.6 Å². The van der Waals surface area contributed by atoms with Crippen LogP contribution in [0.1, 0.15) is 41.1 Å². The van der Waals surface area contributed by atoms with E-state index in [2.05, 4.69) is 16.2 Å². The van der Waals surface area contributed by atoms with E-state index in [0.717, 1.165) is 21.6 Å². The van der Waals surface area contributed by atoms with Gasteiger partial charge in [-0.05, 0) is 47.7 Å². The number of hydrazine groups is 1. The van der Waals surface area contributed by atoms with Gasteiger partial charge >= 0.3 is 6.09 Å². The normalized spacial score (nSPS) is 11.4. The highest BCUT2D eigenvalue weighted by molar-refractivity contribution is 7.17. The molecule has 0 aliphatic heterocycles. The first-order valence-electron chi connectivity index (χ1n) is 13.3. The Kier molecular flexibility index (Phi) is 10.5. The molecule has 0 radical (unpaired) electrons. The van der Waals surface area contributed by atoms with Crippen LogP contribution in [-0.4, -0.2) is 23.9 Å². The number of amides is 3. The summed E-state index contributed by atoms with van der Waals surface area (Å²) in [6.45, 7) is 4.38. The van der Waals surface area contributed by atoms with Crippen LogP contribution in [0.4, 0.5) is 4.79 Å². The SMILES string of the molecule is CC(C)C[C@H](NC(=O)OCc1ccccc1)C(=O)NNC(=O)c1ccc(-c2ccccc2OCc2ccccc2)s1. The molecule has 4 aromatic rings. The Morgan fingerprint density at radius 3 is 2.07 bits per heavy atom. The van der Waals surface area contributed by atoms with Crippen molar-refractivity contribution < 1.29 is 23.9 Å². The first-order valence-corrected chi connectivity index (χ1v) is 14.1. The van der Waals surface area contributed by atoms with Crippen molar-refractivity contribution >= 4 is 29.2 Å². The third kappa shape index (κ3) is 8.94. The summed E-state index contributed by atoms with van der Waals surface area (Å²) in [5.41, 5.74) is 7.65. The van der Waals surface area contributed by atoms with E-state index < -0.39 is 23.9 Å². The first-order chi connectivity index (χ1) is 19.9. The van der Waals surface area contributed by atoms with Crippen molar-refractivity contribution in [2.45, 2.75) is 39.5 Å². The van der Waals surface area contributed by atoms with E-state index in [0.29, 0.717) is 23.7 Å². The highest BCUT2D eigenvalue weighted by atomic mass is 32.1. The number of nitrogens with one attached hydrogen (secondary N) is 3. The van der Waals surface area contributed by atoms with Crippen LogP contribution in [0, 0.1) is 5.92 Å². The molecule has 3 aromatic carbocycles. The second-order valence-corrected chi connectivity index (χ2v) is 10.8. The van der Waals surface area contributed by atoms with Crippen LogP contribution >= 0.6 is 11.3 Å². The lowest BCUT2D eigenvalue weighted by Gasteiger charge is -2.20. The van der Waals surface area contributed by atoms with Gasteiger partial charge in [0.1, 0.15) is 25.0 Å². The molecule has 0 saturated carbocycles. The average Bonchev–Trinajstić information content (AvgIpc) is 3.49. The molecule has 41 heavy (non-hydrogen) atoms. The maximum Gasteiger partial charge on any atom is 0.408 e. The molecule has 0 saturated heterocycles. The van der Waals surface area contributed by atoms with Crippen LogP contribution < -0.4 is 20.9 Å². The third-order valence-corrected chi connectivity index (χ3v) is 7.16. The summed E-state index contributed by atoms with van der Waals surface area (Å²) < 4.78 is 11.3. The molecule has 0 bridgehead atoms. The number of carbonyl (C=O) groups is 3. The van der Waals surface area contributed by atoms with E-state index >= 15 is 0 Å².